The second kappa shape index (κ2) is 4.10. The van der Waals surface area contributed by atoms with Gasteiger partial charge >= 0.3 is 6.18 Å². The van der Waals surface area contributed by atoms with Gasteiger partial charge in [0.1, 0.15) is 0 Å². The minimum Gasteiger partial charge on any atom is -0.390 e. The van der Waals surface area contributed by atoms with E-state index < -0.39 is 40.5 Å². The van der Waals surface area contributed by atoms with Gasteiger partial charge in [-0.3, -0.25) is 4.90 Å². The number of aliphatic hydroxyl groups excluding tert-OH is 1. The van der Waals surface area contributed by atoms with Gasteiger partial charge < -0.3 is 5.11 Å². The summed E-state index contributed by atoms with van der Waals surface area (Å²) in [7, 11) is -3.41. The summed E-state index contributed by atoms with van der Waals surface area (Å²) in [5.41, 5.74) is 0. The van der Waals surface area contributed by atoms with Crippen molar-refractivity contribution in [3.8, 4) is 0 Å². The summed E-state index contributed by atoms with van der Waals surface area (Å²) in [5, 5.41) is 9.58. The van der Waals surface area contributed by atoms with E-state index in [2.05, 4.69) is 0 Å². The fraction of sp³-hybridized carbons (Fsp3) is 1.00. The van der Waals surface area contributed by atoms with Crippen LogP contribution in [-0.4, -0.2) is 60.8 Å². The SMILES string of the molecule is O=S1(=O)CC(O)C(N(CC(F)(F)F)C2CC2)C1. The van der Waals surface area contributed by atoms with Crippen molar-refractivity contribution >= 4 is 9.84 Å². The largest absolute Gasteiger partial charge is 0.401 e. The number of halogens is 3. The smallest absolute Gasteiger partial charge is 0.390 e. The maximum atomic E-state index is 12.4. The maximum absolute atomic E-state index is 12.4. The van der Waals surface area contributed by atoms with Gasteiger partial charge in [-0.1, -0.05) is 0 Å². The van der Waals surface area contributed by atoms with E-state index in [9.17, 15) is 26.7 Å². The van der Waals surface area contributed by atoms with Crippen molar-refractivity contribution in [1.82, 2.24) is 4.90 Å². The normalized spacial score (nSPS) is 33.2. The summed E-state index contributed by atoms with van der Waals surface area (Å²) in [4.78, 5) is 1.11. The highest BCUT2D eigenvalue weighted by molar-refractivity contribution is 7.91. The number of hydrogen-bond donors (Lipinski definition) is 1. The molecule has 0 spiro atoms. The number of sulfone groups is 1. The quantitative estimate of drug-likeness (QED) is 0.796. The van der Waals surface area contributed by atoms with E-state index in [1.54, 1.807) is 0 Å². The number of alkyl halides is 3. The molecule has 1 aliphatic heterocycles. The summed E-state index contributed by atoms with van der Waals surface area (Å²) in [6.07, 6.45) is -4.30. The van der Waals surface area contributed by atoms with Gasteiger partial charge in [0, 0.05) is 6.04 Å². The lowest BCUT2D eigenvalue weighted by atomic mass is 10.1. The first-order chi connectivity index (χ1) is 7.68. The molecule has 1 aliphatic carbocycles. The molecule has 8 heteroatoms. The minimum absolute atomic E-state index is 0.232. The highest BCUT2D eigenvalue weighted by Crippen LogP contribution is 2.34. The first-order valence-electron chi connectivity index (χ1n) is 5.39. The van der Waals surface area contributed by atoms with E-state index in [0.29, 0.717) is 12.8 Å². The van der Waals surface area contributed by atoms with E-state index in [1.165, 1.54) is 0 Å². The molecule has 0 amide bonds. The molecule has 2 fully saturated rings. The van der Waals surface area contributed by atoms with Gasteiger partial charge in [-0.05, 0) is 12.8 Å². The molecule has 0 aromatic rings. The predicted octanol–water partition coefficient (Wildman–Crippen LogP) is 0.171. The minimum atomic E-state index is -4.37. The number of nitrogens with zero attached hydrogens (tertiary/aromatic N) is 1. The zero-order chi connectivity index (χ0) is 12.8. The van der Waals surface area contributed by atoms with Crippen LogP contribution in [0.25, 0.3) is 0 Å². The summed E-state index contributed by atoms with van der Waals surface area (Å²) < 4.78 is 59.8. The Bertz CT molecular complexity index is 391. The first-order valence-corrected chi connectivity index (χ1v) is 7.21. The van der Waals surface area contributed by atoms with Crippen molar-refractivity contribution in [3.63, 3.8) is 0 Å². The van der Waals surface area contributed by atoms with Crippen molar-refractivity contribution in [1.29, 1.82) is 0 Å². The first kappa shape index (κ1) is 13.1. The number of hydrogen-bond acceptors (Lipinski definition) is 4. The van der Waals surface area contributed by atoms with Crippen LogP contribution in [0.15, 0.2) is 0 Å². The summed E-state index contributed by atoms with van der Waals surface area (Å²) in [6.45, 7) is -1.14. The molecule has 2 atom stereocenters. The molecule has 1 saturated carbocycles. The Morgan fingerprint density at radius 2 is 1.82 bits per heavy atom. The lowest BCUT2D eigenvalue weighted by Gasteiger charge is -2.30. The fourth-order valence-electron chi connectivity index (χ4n) is 2.26. The number of rotatable bonds is 3. The van der Waals surface area contributed by atoms with Crippen molar-refractivity contribution in [3.05, 3.63) is 0 Å². The molecule has 1 heterocycles. The monoisotopic (exact) mass is 273 g/mol. The summed E-state index contributed by atoms with van der Waals surface area (Å²) in [6, 6.07) is -1.14. The highest BCUT2D eigenvalue weighted by atomic mass is 32.2. The molecule has 1 saturated heterocycles. The Morgan fingerprint density at radius 1 is 1.24 bits per heavy atom. The van der Waals surface area contributed by atoms with Crippen molar-refractivity contribution in [2.24, 2.45) is 0 Å². The molecule has 1 N–H and O–H groups in total. The van der Waals surface area contributed by atoms with E-state index in [4.69, 9.17) is 0 Å². The standard InChI is InChI=1S/C9H14F3NO3S/c10-9(11,12)5-13(6-1-2-6)7-3-17(15,16)4-8(7)14/h6-8,14H,1-5H2. The molecular formula is C9H14F3NO3S. The van der Waals surface area contributed by atoms with Crippen LogP contribution < -0.4 is 0 Å². The van der Waals surface area contributed by atoms with Crippen LogP contribution in [0.2, 0.25) is 0 Å². The van der Waals surface area contributed by atoms with Crippen LogP contribution in [-0.2, 0) is 9.84 Å². The Kier molecular flexibility index (Phi) is 3.16. The molecular weight excluding hydrogens is 259 g/mol. The third-order valence-electron chi connectivity index (χ3n) is 3.10. The maximum Gasteiger partial charge on any atom is 0.401 e. The molecule has 0 radical (unpaired) electrons. The molecule has 4 nitrogen and oxygen atoms in total. The van der Waals surface area contributed by atoms with Gasteiger partial charge in [0.15, 0.2) is 9.84 Å². The molecule has 0 bridgehead atoms. The molecule has 0 aromatic heterocycles. The molecule has 0 aromatic carbocycles. The predicted molar refractivity (Wildman–Crippen MR) is 54.2 cm³/mol. The van der Waals surface area contributed by atoms with Crippen molar-refractivity contribution < 1.29 is 26.7 Å². The zero-order valence-corrected chi connectivity index (χ0v) is 9.84. The van der Waals surface area contributed by atoms with Gasteiger partial charge in [-0.25, -0.2) is 8.42 Å². The van der Waals surface area contributed by atoms with Gasteiger partial charge in [0.2, 0.25) is 0 Å². The molecule has 100 valence electrons. The second-order valence-corrected chi connectivity index (χ2v) is 6.88. The van der Waals surface area contributed by atoms with Crippen LogP contribution >= 0.6 is 0 Å². The van der Waals surface area contributed by atoms with Crippen LogP contribution in [0.5, 0.6) is 0 Å². The molecule has 2 unspecified atom stereocenters. The van der Waals surface area contributed by atoms with E-state index in [0.717, 1.165) is 4.90 Å². The topological polar surface area (TPSA) is 57.6 Å². The van der Waals surface area contributed by atoms with Crippen molar-refractivity contribution in [2.45, 2.75) is 37.2 Å². The molecule has 2 rings (SSSR count). The average molecular weight is 273 g/mol. The third-order valence-corrected chi connectivity index (χ3v) is 4.80. The summed E-state index contributed by atoms with van der Waals surface area (Å²) >= 11 is 0. The average Bonchev–Trinajstić information content (AvgIpc) is 2.87. The van der Waals surface area contributed by atoms with Crippen LogP contribution in [0.1, 0.15) is 12.8 Å². The Hall–Kier alpha value is -0.340. The van der Waals surface area contributed by atoms with E-state index in [1.807, 2.05) is 0 Å². The van der Waals surface area contributed by atoms with Crippen molar-refractivity contribution in [2.75, 3.05) is 18.1 Å². The van der Waals surface area contributed by atoms with Crippen LogP contribution in [0.4, 0.5) is 13.2 Å². The van der Waals surface area contributed by atoms with Gasteiger partial charge in [0.05, 0.1) is 30.2 Å². The van der Waals surface area contributed by atoms with Gasteiger partial charge in [-0.15, -0.1) is 0 Å². The molecule has 17 heavy (non-hydrogen) atoms. The lowest BCUT2D eigenvalue weighted by molar-refractivity contribution is -0.154. The molecule has 2 aliphatic rings. The van der Waals surface area contributed by atoms with Gasteiger partial charge in [-0.2, -0.15) is 13.2 Å². The second-order valence-electron chi connectivity index (χ2n) is 4.73. The lowest BCUT2D eigenvalue weighted by Crippen LogP contribution is -2.48. The fourth-order valence-corrected chi connectivity index (χ4v) is 4.07. The van der Waals surface area contributed by atoms with Crippen LogP contribution in [0, 0.1) is 0 Å². The Labute approximate surface area is 97.3 Å². The zero-order valence-electron chi connectivity index (χ0n) is 9.02. The van der Waals surface area contributed by atoms with E-state index >= 15 is 0 Å². The Morgan fingerprint density at radius 3 is 2.18 bits per heavy atom. The number of aliphatic hydroxyl groups is 1. The van der Waals surface area contributed by atoms with Crippen LogP contribution in [0.3, 0.4) is 0 Å². The summed E-state index contributed by atoms with van der Waals surface area (Å²) in [5.74, 6) is -0.806. The van der Waals surface area contributed by atoms with E-state index in [-0.39, 0.29) is 11.8 Å². The van der Waals surface area contributed by atoms with Gasteiger partial charge in [0.25, 0.3) is 0 Å². The highest BCUT2D eigenvalue weighted by Gasteiger charge is 2.48. The Balaban J connectivity index is 2.11. The third kappa shape index (κ3) is 3.32.